The number of halogens is 3. The number of rotatable bonds is 3. The zero-order chi connectivity index (χ0) is 14.0. The molecular formula is C13H17Cl3N2O2. The third-order valence-corrected chi connectivity index (χ3v) is 3.78. The van der Waals surface area contributed by atoms with Crippen molar-refractivity contribution in [1.29, 1.82) is 0 Å². The van der Waals surface area contributed by atoms with Gasteiger partial charge in [-0.2, -0.15) is 0 Å². The smallest absolute Gasteiger partial charge is 0.239 e. The molecule has 4 nitrogen and oxygen atoms in total. The molecule has 112 valence electrons. The molecule has 2 N–H and O–H groups in total. The summed E-state index contributed by atoms with van der Waals surface area (Å²) in [6, 6.07) is 4.67. The van der Waals surface area contributed by atoms with Crippen LogP contribution in [0.1, 0.15) is 13.3 Å². The third kappa shape index (κ3) is 4.16. The van der Waals surface area contributed by atoms with Gasteiger partial charge in [-0.3, -0.25) is 4.79 Å². The quantitative estimate of drug-likeness (QED) is 0.921. The third-order valence-electron chi connectivity index (χ3n) is 3.04. The van der Waals surface area contributed by atoms with E-state index in [1.54, 1.807) is 30.0 Å². The van der Waals surface area contributed by atoms with Crippen molar-refractivity contribution in [2.24, 2.45) is 5.73 Å². The second kappa shape index (κ2) is 7.36. The second-order valence-corrected chi connectivity index (χ2v) is 5.49. The van der Waals surface area contributed by atoms with Gasteiger partial charge in [-0.15, -0.1) is 12.4 Å². The highest BCUT2D eigenvalue weighted by Crippen LogP contribution is 2.28. The number of likely N-dealkylation sites (tertiary alicyclic amines) is 1. The summed E-state index contributed by atoms with van der Waals surface area (Å²) in [6.07, 6.45) is 0.763. The Labute approximate surface area is 134 Å². The number of carbonyl (C=O) groups is 1. The zero-order valence-electron chi connectivity index (χ0n) is 11.0. The summed E-state index contributed by atoms with van der Waals surface area (Å²) in [5.74, 6) is 0.620. The lowest BCUT2D eigenvalue weighted by molar-refractivity contribution is -0.131. The van der Waals surface area contributed by atoms with E-state index in [4.69, 9.17) is 33.7 Å². The van der Waals surface area contributed by atoms with E-state index in [-0.39, 0.29) is 24.4 Å². The van der Waals surface area contributed by atoms with Gasteiger partial charge in [0.25, 0.3) is 0 Å². The zero-order valence-corrected chi connectivity index (χ0v) is 13.3. The Morgan fingerprint density at radius 1 is 1.45 bits per heavy atom. The first-order valence-electron chi connectivity index (χ1n) is 6.13. The first-order valence-corrected chi connectivity index (χ1v) is 6.89. The molecule has 1 aliphatic heterocycles. The number of ether oxygens (including phenoxy) is 1. The largest absolute Gasteiger partial charge is 0.488 e. The van der Waals surface area contributed by atoms with Crippen LogP contribution < -0.4 is 10.5 Å². The van der Waals surface area contributed by atoms with Gasteiger partial charge in [-0.1, -0.05) is 23.2 Å². The fourth-order valence-corrected chi connectivity index (χ4v) is 2.34. The number of carbonyl (C=O) groups excluding carboxylic acids is 1. The van der Waals surface area contributed by atoms with E-state index in [1.807, 2.05) is 0 Å². The Morgan fingerprint density at radius 2 is 2.15 bits per heavy atom. The Kier molecular flexibility index (Phi) is 6.40. The van der Waals surface area contributed by atoms with Crippen LogP contribution >= 0.6 is 35.6 Å². The van der Waals surface area contributed by atoms with Crippen molar-refractivity contribution in [2.75, 3.05) is 13.1 Å². The highest BCUT2D eigenvalue weighted by atomic mass is 35.5. The van der Waals surface area contributed by atoms with Crippen LogP contribution in [-0.2, 0) is 4.79 Å². The van der Waals surface area contributed by atoms with Crippen LogP contribution in [0.4, 0.5) is 0 Å². The maximum Gasteiger partial charge on any atom is 0.239 e. The van der Waals surface area contributed by atoms with Crippen LogP contribution in [-0.4, -0.2) is 36.0 Å². The first-order chi connectivity index (χ1) is 8.97. The SMILES string of the molecule is C[C@H](N)C(=O)N1CCC(Oc2ccc(Cl)c(Cl)c2)C1.Cl. The van der Waals surface area contributed by atoms with Crippen LogP contribution in [0.2, 0.25) is 10.0 Å². The number of hydrogen-bond donors (Lipinski definition) is 1. The van der Waals surface area contributed by atoms with E-state index in [1.165, 1.54) is 0 Å². The molecule has 0 spiro atoms. The summed E-state index contributed by atoms with van der Waals surface area (Å²) < 4.78 is 5.79. The fraction of sp³-hybridized carbons (Fsp3) is 0.462. The predicted octanol–water partition coefficient (Wildman–Crippen LogP) is 2.74. The molecule has 1 unspecified atom stereocenters. The van der Waals surface area contributed by atoms with Gasteiger partial charge in [0.2, 0.25) is 5.91 Å². The Morgan fingerprint density at radius 3 is 2.75 bits per heavy atom. The number of nitrogens with two attached hydrogens (primary N) is 1. The van der Waals surface area contributed by atoms with Gasteiger partial charge in [0, 0.05) is 19.0 Å². The van der Waals surface area contributed by atoms with Crippen molar-refractivity contribution in [1.82, 2.24) is 4.90 Å². The highest BCUT2D eigenvalue weighted by molar-refractivity contribution is 6.42. The van der Waals surface area contributed by atoms with Gasteiger partial charge in [-0.05, 0) is 19.1 Å². The van der Waals surface area contributed by atoms with E-state index >= 15 is 0 Å². The van der Waals surface area contributed by atoms with Gasteiger partial charge in [0.15, 0.2) is 0 Å². The molecule has 20 heavy (non-hydrogen) atoms. The second-order valence-electron chi connectivity index (χ2n) is 4.68. The molecule has 1 saturated heterocycles. The number of benzene rings is 1. The van der Waals surface area contributed by atoms with E-state index in [0.29, 0.717) is 28.9 Å². The maximum absolute atomic E-state index is 11.7. The summed E-state index contributed by atoms with van der Waals surface area (Å²) in [4.78, 5) is 13.5. The Hall–Kier alpha value is -0.680. The average molecular weight is 340 g/mol. The van der Waals surface area contributed by atoms with Crippen LogP contribution in [0.3, 0.4) is 0 Å². The van der Waals surface area contributed by atoms with E-state index in [9.17, 15) is 4.79 Å². The first kappa shape index (κ1) is 17.4. The molecule has 0 aliphatic carbocycles. The molecular weight excluding hydrogens is 323 g/mol. The Balaban J connectivity index is 0.00000200. The normalized spacial score (nSPS) is 19.4. The molecule has 7 heteroatoms. The van der Waals surface area contributed by atoms with Crippen LogP contribution in [0.5, 0.6) is 5.75 Å². The predicted molar refractivity (Wildman–Crippen MR) is 83.0 cm³/mol. The van der Waals surface area contributed by atoms with Crippen LogP contribution in [0.15, 0.2) is 18.2 Å². The van der Waals surface area contributed by atoms with Crippen LogP contribution in [0.25, 0.3) is 0 Å². The minimum Gasteiger partial charge on any atom is -0.488 e. The molecule has 2 atom stereocenters. The minimum absolute atomic E-state index is 0. The van der Waals surface area contributed by atoms with Gasteiger partial charge in [0.1, 0.15) is 11.9 Å². The fourth-order valence-electron chi connectivity index (χ4n) is 2.06. The van der Waals surface area contributed by atoms with Gasteiger partial charge >= 0.3 is 0 Å². The summed E-state index contributed by atoms with van der Waals surface area (Å²) in [5, 5.41) is 0.954. The average Bonchev–Trinajstić information content (AvgIpc) is 2.81. The summed E-state index contributed by atoms with van der Waals surface area (Å²) in [6.45, 7) is 2.92. The van der Waals surface area contributed by atoms with Crippen molar-refractivity contribution >= 4 is 41.5 Å². The molecule has 1 aromatic carbocycles. The molecule has 0 bridgehead atoms. The molecule has 1 aromatic rings. The molecule has 0 radical (unpaired) electrons. The molecule has 0 saturated carbocycles. The van der Waals surface area contributed by atoms with Crippen molar-refractivity contribution < 1.29 is 9.53 Å². The number of nitrogens with zero attached hydrogens (tertiary/aromatic N) is 1. The summed E-state index contributed by atoms with van der Waals surface area (Å²) in [7, 11) is 0. The summed E-state index contributed by atoms with van der Waals surface area (Å²) in [5.41, 5.74) is 5.59. The number of hydrogen-bond acceptors (Lipinski definition) is 3. The van der Waals surface area contributed by atoms with E-state index < -0.39 is 6.04 Å². The molecule has 1 amide bonds. The van der Waals surface area contributed by atoms with E-state index in [2.05, 4.69) is 0 Å². The van der Waals surface area contributed by atoms with Crippen molar-refractivity contribution in [2.45, 2.75) is 25.5 Å². The lowest BCUT2D eigenvalue weighted by Crippen LogP contribution is -2.41. The van der Waals surface area contributed by atoms with Gasteiger partial charge in [0.05, 0.1) is 22.6 Å². The standard InChI is InChI=1S/C13H16Cl2N2O2.ClH/c1-8(16)13(18)17-5-4-10(7-17)19-9-2-3-11(14)12(15)6-9;/h2-3,6,8,10H,4-5,7,16H2,1H3;1H/t8-,10?;/m0./s1. The molecule has 2 rings (SSSR count). The highest BCUT2D eigenvalue weighted by Gasteiger charge is 2.28. The lowest BCUT2D eigenvalue weighted by Gasteiger charge is -2.19. The molecule has 1 fully saturated rings. The maximum atomic E-state index is 11.7. The molecule has 1 heterocycles. The van der Waals surface area contributed by atoms with Crippen molar-refractivity contribution in [3.8, 4) is 5.75 Å². The number of amides is 1. The van der Waals surface area contributed by atoms with Crippen molar-refractivity contribution in [3.05, 3.63) is 28.2 Å². The van der Waals surface area contributed by atoms with Gasteiger partial charge in [-0.25, -0.2) is 0 Å². The Bertz CT molecular complexity index is 483. The summed E-state index contributed by atoms with van der Waals surface area (Å²) >= 11 is 11.8. The van der Waals surface area contributed by atoms with Crippen LogP contribution in [0, 0.1) is 0 Å². The topological polar surface area (TPSA) is 55.6 Å². The van der Waals surface area contributed by atoms with Gasteiger partial charge < -0.3 is 15.4 Å². The minimum atomic E-state index is -0.469. The molecule has 0 aromatic heterocycles. The molecule has 1 aliphatic rings. The van der Waals surface area contributed by atoms with E-state index in [0.717, 1.165) is 6.42 Å². The monoisotopic (exact) mass is 338 g/mol. The lowest BCUT2D eigenvalue weighted by atomic mass is 10.3. The van der Waals surface area contributed by atoms with Crippen molar-refractivity contribution in [3.63, 3.8) is 0 Å².